The smallest absolute Gasteiger partial charge is 0.321 e. The number of nitrogens with one attached hydrogen (secondary N) is 2. The number of benzene rings is 1. The summed E-state index contributed by atoms with van der Waals surface area (Å²) in [7, 11) is 0. The summed E-state index contributed by atoms with van der Waals surface area (Å²) in [4.78, 5) is 26.3. The van der Waals surface area contributed by atoms with Gasteiger partial charge < -0.3 is 10.4 Å². The Morgan fingerprint density at radius 2 is 1.96 bits per heavy atom. The van der Waals surface area contributed by atoms with Gasteiger partial charge in [0.05, 0.1) is 6.54 Å². The van der Waals surface area contributed by atoms with Crippen LogP contribution in [-0.4, -0.2) is 41.1 Å². The van der Waals surface area contributed by atoms with E-state index in [0.717, 1.165) is 31.2 Å². The maximum Gasteiger partial charge on any atom is 0.321 e. The van der Waals surface area contributed by atoms with Crippen LogP contribution in [0.4, 0.5) is 4.79 Å². The molecule has 1 saturated carbocycles. The zero-order valence-corrected chi connectivity index (χ0v) is 15.8. The molecule has 144 valence electrons. The van der Waals surface area contributed by atoms with E-state index < -0.39 is 6.03 Å². The predicted molar refractivity (Wildman–Crippen MR) is 102 cm³/mol. The van der Waals surface area contributed by atoms with E-state index >= 15 is 0 Å². The summed E-state index contributed by atoms with van der Waals surface area (Å²) < 4.78 is 0. The number of carbonyl (C=O) groups is 2. The van der Waals surface area contributed by atoms with Gasteiger partial charge in [-0.25, -0.2) is 4.79 Å². The summed E-state index contributed by atoms with van der Waals surface area (Å²) in [5.74, 6) is 0.343. The number of urea groups is 1. The lowest BCUT2D eigenvalue weighted by Gasteiger charge is -2.29. The van der Waals surface area contributed by atoms with Crippen molar-refractivity contribution in [3.8, 4) is 5.75 Å². The molecule has 1 aromatic carbocycles. The van der Waals surface area contributed by atoms with Crippen LogP contribution in [0.15, 0.2) is 24.3 Å². The molecular formula is C20H31N3O3. The monoisotopic (exact) mass is 361 g/mol. The SMILES string of the molecule is CCCN(CC(=O)NC(=O)NC1CCCCC1C)Cc1ccccc1O. The van der Waals surface area contributed by atoms with Gasteiger partial charge in [0.15, 0.2) is 0 Å². The molecule has 2 atom stereocenters. The number of imide groups is 1. The van der Waals surface area contributed by atoms with Crippen molar-refractivity contribution in [2.45, 2.75) is 58.5 Å². The second-order valence-electron chi connectivity index (χ2n) is 7.23. The molecule has 3 amide bonds. The van der Waals surface area contributed by atoms with Crippen LogP contribution >= 0.6 is 0 Å². The van der Waals surface area contributed by atoms with Gasteiger partial charge in [-0.15, -0.1) is 0 Å². The molecule has 6 nitrogen and oxygen atoms in total. The lowest BCUT2D eigenvalue weighted by molar-refractivity contribution is -0.121. The van der Waals surface area contributed by atoms with Crippen molar-refractivity contribution in [2.24, 2.45) is 5.92 Å². The maximum absolute atomic E-state index is 12.3. The Balaban J connectivity index is 1.84. The standard InChI is InChI=1S/C20H31N3O3/c1-3-12-23(13-16-9-5-7-11-18(16)24)14-19(25)22-20(26)21-17-10-6-4-8-15(17)2/h5,7,9,11,15,17,24H,3-4,6,8,10,12-14H2,1-2H3,(H2,21,22,25,26). The molecule has 26 heavy (non-hydrogen) atoms. The van der Waals surface area contributed by atoms with E-state index in [9.17, 15) is 14.7 Å². The van der Waals surface area contributed by atoms with Crippen molar-refractivity contribution >= 4 is 11.9 Å². The van der Waals surface area contributed by atoms with Crippen molar-refractivity contribution in [3.05, 3.63) is 29.8 Å². The Labute approximate surface area is 156 Å². The van der Waals surface area contributed by atoms with E-state index in [1.807, 2.05) is 24.0 Å². The number of para-hydroxylation sites is 1. The zero-order valence-electron chi connectivity index (χ0n) is 15.8. The molecule has 0 bridgehead atoms. The molecule has 2 rings (SSSR count). The lowest BCUT2D eigenvalue weighted by atomic mass is 9.86. The van der Waals surface area contributed by atoms with Crippen molar-refractivity contribution in [1.82, 2.24) is 15.5 Å². The number of rotatable bonds is 7. The molecule has 1 fully saturated rings. The molecule has 1 aliphatic carbocycles. The first-order valence-corrected chi connectivity index (χ1v) is 9.59. The molecule has 0 aliphatic heterocycles. The molecule has 6 heteroatoms. The molecule has 2 unspecified atom stereocenters. The second-order valence-corrected chi connectivity index (χ2v) is 7.23. The molecular weight excluding hydrogens is 330 g/mol. The van der Waals surface area contributed by atoms with E-state index in [1.54, 1.807) is 12.1 Å². The quantitative estimate of drug-likeness (QED) is 0.697. The fourth-order valence-corrected chi connectivity index (χ4v) is 3.52. The summed E-state index contributed by atoms with van der Waals surface area (Å²) in [5.41, 5.74) is 0.772. The van der Waals surface area contributed by atoms with Crippen LogP contribution in [0, 0.1) is 5.92 Å². The minimum Gasteiger partial charge on any atom is -0.508 e. The van der Waals surface area contributed by atoms with Gasteiger partial charge in [-0.1, -0.05) is 44.9 Å². The normalized spacial score (nSPS) is 20.0. The van der Waals surface area contributed by atoms with Gasteiger partial charge in [-0.3, -0.25) is 15.0 Å². The average Bonchev–Trinajstić information content (AvgIpc) is 2.59. The summed E-state index contributed by atoms with van der Waals surface area (Å²) >= 11 is 0. The first-order chi connectivity index (χ1) is 12.5. The second kappa shape index (κ2) is 10.2. The van der Waals surface area contributed by atoms with Gasteiger partial charge in [0.25, 0.3) is 0 Å². The van der Waals surface area contributed by atoms with Gasteiger partial charge in [-0.05, 0) is 37.8 Å². The van der Waals surface area contributed by atoms with E-state index in [-0.39, 0.29) is 24.2 Å². The van der Waals surface area contributed by atoms with Gasteiger partial charge in [0, 0.05) is 18.2 Å². The number of carbonyl (C=O) groups excluding carboxylic acids is 2. The van der Waals surface area contributed by atoms with Crippen LogP contribution in [-0.2, 0) is 11.3 Å². The lowest BCUT2D eigenvalue weighted by Crippen LogP contribution is -2.49. The summed E-state index contributed by atoms with van der Waals surface area (Å²) in [6.45, 7) is 5.47. The highest BCUT2D eigenvalue weighted by Crippen LogP contribution is 2.23. The number of phenolic OH excluding ortho intramolecular Hbond substituents is 1. The number of aromatic hydroxyl groups is 1. The molecule has 0 heterocycles. The number of nitrogens with zero attached hydrogens (tertiary/aromatic N) is 1. The topological polar surface area (TPSA) is 81.7 Å². The van der Waals surface area contributed by atoms with E-state index in [2.05, 4.69) is 17.6 Å². The molecule has 0 spiro atoms. The van der Waals surface area contributed by atoms with Crippen LogP contribution < -0.4 is 10.6 Å². The first-order valence-electron chi connectivity index (χ1n) is 9.59. The van der Waals surface area contributed by atoms with E-state index in [0.29, 0.717) is 19.0 Å². The fraction of sp³-hybridized carbons (Fsp3) is 0.600. The van der Waals surface area contributed by atoms with Gasteiger partial charge in [0.1, 0.15) is 5.75 Å². The number of hydrogen-bond acceptors (Lipinski definition) is 4. The van der Waals surface area contributed by atoms with Crippen LogP contribution in [0.5, 0.6) is 5.75 Å². The molecule has 1 aliphatic rings. The van der Waals surface area contributed by atoms with Crippen LogP contribution in [0.1, 0.15) is 51.5 Å². The Morgan fingerprint density at radius 3 is 2.65 bits per heavy atom. The highest BCUT2D eigenvalue weighted by atomic mass is 16.3. The van der Waals surface area contributed by atoms with Crippen molar-refractivity contribution in [3.63, 3.8) is 0 Å². The molecule has 3 N–H and O–H groups in total. The highest BCUT2D eigenvalue weighted by molar-refractivity contribution is 5.95. The number of hydrogen-bond donors (Lipinski definition) is 3. The third-order valence-corrected chi connectivity index (χ3v) is 4.97. The summed E-state index contributed by atoms with van der Waals surface area (Å²) in [6.07, 6.45) is 5.29. The van der Waals surface area contributed by atoms with Crippen molar-refractivity contribution < 1.29 is 14.7 Å². The third-order valence-electron chi connectivity index (χ3n) is 4.97. The highest BCUT2D eigenvalue weighted by Gasteiger charge is 2.23. The Hall–Kier alpha value is -2.08. The largest absolute Gasteiger partial charge is 0.508 e. The average molecular weight is 361 g/mol. The van der Waals surface area contributed by atoms with Crippen molar-refractivity contribution in [1.29, 1.82) is 0 Å². The fourth-order valence-electron chi connectivity index (χ4n) is 3.52. The van der Waals surface area contributed by atoms with E-state index in [1.165, 1.54) is 6.42 Å². The van der Waals surface area contributed by atoms with Crippen LogP contribution in [0.2, 0.25) is 0 Å². The Morgan fingerprint density at radius 1 is 1.23 bits per heavy atom. The third kappa shape index (κ3) is 6.33. The van der Waals surface area contributed by atoms with Gasteiger partial charge >= 0.3 is 6.03 Å². The van der Waals surface area contributed by atoms with Crippen molar-refractivity contribution in [2.75, 3.05) is 13.1 Å². The zero-order chi connectivity index (χ0) is 18.9. The molecule has 0 aromatic heterocycles. The number of amides is 3. The van der Waals surface area contributed by atoms with Crippen LogP contribution in [0.25, 0.3) is 0 Å². The Bertz CT molecular complexity index is 606. The first kappa shape index (κ1) is 20.2. The molecule has 0 saturated heterocycles. The minimum atomic E-state index is -0.409. The number of phenols is 1. The van der Waals surface area contributed by atoms with E-state index in [4.69, 9.17) is 0 Å². The summed E-state index contributed by atoms with van der Waals surface area (Å²) in [6, 6.07) is 6.84. The summed E-state index contributed by atoms with van der Waals surface area (Å²) in [5, 5.41) is 15.3. The molecule has 0 radical (unpaired) electrons. The maximum atomic E-state index is 12.3. The Kier molecular flexibility index (Phi) is 7.91. The van der Waals surface area contributed by atoms with Gasteiger partial charge in [-0.2, -0.15) is 0 Å². The van der Waals surface area contributed by atoms with Gasteiger partial charge in [0.2, 0.25) is 5.91 Å². The van der Waals surface area contributed by atoms with Crippen LogP contribution in [0.3, 0.4) is 0 Å². The predicted octanol–water partition coefficient (Wildman–Crippen LogP) is 3.01. The molecule has 1 aromatic rings. The minimum absolute atomic E-state index is 0.121.